The van der Waals surface area contributed by atoms with Crippen molar-refractivity contribution in [3.8, 4) is 0 Å². The number of halogens is 3. The maximum Gasteiger partial charge on any atom is 0.308 e. The highest BCUT2D eigenvalue weighted by atomic mass is 35.5. The first-order valence-electron chi connectivity index (χ1n) is 12.6. The number of nitro benzene ring substituents is 1. The third-order valence-electron chi connectivity index (χ3n) is 7.11. The average molecular weight is 660 g/mol. The largest absolute Gasteiger partial charge is 0.325 e. The van der Waals surface area contributed by atoms with E-state index >= 15 is 0 Å². The Kier molecular flexibility index (Phi) is 7.59. The highest BCUT2D eigenvalue weighted by molar-refractivity contribution is 8.00. The summed E-state index contributed by atoms with van der Waals surface area (Å²) in [5, 5.41) is 13.4. The van der Waals surface area contributed by atoms with Crippen molar-refractivity contribution in [3.63, 3.8) is 0 Å². The first-order valence-corrected chi connectivity index (χ1v) is 15.0. The van der Waals surface area contributed by atoms with Crippen LogP contribution in [0.25, 0.3) is 0 Å². The first kappa shape index (κ1) is 29.1. The van der Waals surface area contributed by atoms with Crippen molar-refractivity contribution in [2.24, 2.45) is 5.92 Å². The molecule has 0 radical (unpaired) electrons. The summed E-state index contributed by atoms with van der Waals surface area (Å²) in [7, 11) is 0. The van der Waals surface area contributed by atoms with Gasteiger partial charge in [0.05, 0.1) is 31.6 Å². The van der Waals surface area contributed by atoms with Crippen molar-refractivity contribution in [2.45, 2.75) is 22.7 Å². The lowest BCUT2D eigenvalue weighted by atomic mass is 9.83. The van der Waals surface area contributed by atoms with E-state index in [2.05, 4.69) is 5.32 Å². The maximum atomic E-state index is 14.0. The van der Waals surface area contributed by atoms with Crippen molar-refractivity contribution in [1.82, 2.24) is 4.57 Å². The molecule has 0 saturated carbocycles. The van der Waals surface area contributed by atoms with Gasteiger partial charge in [-0.25, -0.2) is 9.29 Å². The molecule has 1 aromatic heterocycles. The van der Waals surface area contributed by atoms with Gasteiger partial charge < -0.3 is 5.32 Å². The third-order valence-corrected chi connectivity index (χ3v) is 10.6. The number of amides is 3. The SMILES string of the molecule is O=C(Cn1c2c(sc1=O)C(c1cccc(Cl)c1Cl)C1C(=O)N(c3ccc([N+](=O)[O-])cc3)C(=O)C1S2)Nc1ccc(F)cc1. The number of nitro groups is 1. The molecular weight excluding hydrogens is 642 g/mol. The van der Waals surface area contributed by atoms with Gasteiger partial charge in [0.15, 0.2) is 0 Å². The second-order valence-electron chi connectivity index (χ2n) is 9.65. The molecule has 3 atom stereocenters. The Morgan fingerprint density at radius 3 is 2.37 bits per heavy atom. The van der Waals surface area contributed by atoms with Gasteiger partial charge in [-0.2, -0.15) is 0 Å². The molecule has 4 aromatic rings. The van der Waals surface area contributed by atoms with E-state index in [1.807, 2.05) is 0 Å². The number of anilines is 2. The molecule has 6 rings (SSSR count). The first-order chi connectivity index (χ1) is 20.5. The number of imide groups is 1. The molecule has 3 amide bonds. The van der Waals surface area contributed by atoms with E-state index in [9.17, 15) is 33.7 Å². The van der Waals surface area contributed by atoms with Crippen LogP contribution in [-0.4, -0.2) is 32.5 Å². The van der Waals surface area contributed by atoms with Crippen molar-refractivity contribution in [3.05, 3.63) is 113 Å². The number of carbonyl (C=O) groups is 3. The number of hydrogen-bond donors (Lipinski definition) is 1. The van der Waals surface area contributed by atoms with E-state index in [1.54, 1.807) is 18.2 Å². The minimum atomic E-state index is -1.00. The molecule has 1 N–H and O–H groups in total. The van der Waals surface area contributed by atoms with Crippen LogP contribution in [-0.2, 0) is 20.9 Å². The van der Waals surface area contributed by atoms with Crippen molar-refractivity contribution in [1.29, 1.82) is 0 Å². The summed E-state index contributed by atoms with van der Waals surface area (Å²) in [4.78, 5) is 65.5. The van der Waals surface area contributed by atoms with Crippen LogP contribution in [0.4, 0.5) is 21.5 Å². The van der Waals surface area contributed by atoms with E-state index in [0.717, 1.165) is 28.0 Å². The fourth-order valence-corrected chi connectivity index (χ4v) is 8.40. The summed E-state index contributed by atoms with van der Waals surface area (Å²) >= 11 is 14.8. The number of aromatic nitrogens is 1. The fourth-order valence-electron chi connectivity index (χ4n) is 5.21. The van der Waals surface area contributed by atoms with Crippen LogP contribution >= 0.6 is 46.3 Å². The molecule has 1 fully saturated rings. The highest BCUT2D eigenvalue weighted by Gasteiger charge is 2.57. The van der Waals surface area contributed by atoms with E-state index in [4.69, 9.17) is 23.2 Å². The molecule has 0 spiro atoms. The normalized spacial score (nSPS) is 19.2. The number of carbonyl (C=O) groups excluding carboxylic acids is 3. The topological polar surface area (TPSA) is 132 Å². The smallest absolute Gasteiger partial charge is 0.308 e. The van der Waals surface area contributed by atoms with Gasteiger partial charge in [0, 0.05) is 28.6 Å². The number of fused-ring (bicyclic) bond motifs is 2. The lowest BCUT2D eigenvalue weighted by Crippen LogP contribution is -2.33. The Labute approximate surface area is 260 Å². The zero-order valence-corrected chi connectivity index (χ0v) is 24.7. The van der Waals surface area contributed by atoms with Crippen LogP contribution in [0.5, 0.6) is 0 Å². The minimum Gasteiger partial charge on any atom is -0.325 e. The predicted octanol–water partition coefficient (Wildman–Crippen LogP) is 5.70. The molecule has 2 aliphatic rings. The number of rotatable bonds is 6. The Bertz CT molecular complexity index is 1880. The fraction of sp³-hybridized carbons (Fsp3) is 0.143. The Morgan fingerprint density at radius 2 is 1.70 bits per heavy atom. The summed E-state index contributed by atoms with van der Waals surface area (Å²) in [5.41, 5.74) is 0.714. The summed E-state index contributed by atoms with van der Waals surface area (Å²) < 4.78 is 14.5. The third kappa shape index (κ3) is 5.12. The summed E-state index contributed by atoms with van der Waals surface area (Å²) in [5.74, 6) is -4.03. The second kappa shape index (κ2) is 11.2. The van der Waals surface area contributed by atoms with Crippen LogP contribution in [0.3, 0.4) is 0 Å². The Morgan fingerprint density at radius 1 is 1.00 bits per heavy atom. The van der Waals surface area contributed by atoms with Gasteiger partial charge in [-0.05, 0) is 48.0 Å². The van der Waals surface area contributed by atoms with Gasteiger partial charge in [0.1, 0.15) is 17.6 Å². The standard InChI is InChI=1S/C28H17Cl2FN4O6S2/c29-18-3-1-2-17(22(18)30)20-21-23(26(38)34(25(21)37)15-8-10-16(11-9-15)35(40)41)42-27-24(20)43-28(39)33(27)12-19(36)32-14-6-4-13(31)5-7-14/h1-11,20-21,23H,12H2,(H,32,36). The quantitative estimate of drug-likeness (QED) is 0.160. The predicted molar refractivity (Wildman–Crippen MR) is 161 cm³/mol. The molecule has 2 aliphatic heterocycles. The molecule has 0 bridgehead atoms. The van der Waals surface area contributed by atoms with Gasteiger partial charge in [0.25, 0.3) is 5.69 Å². The molecule has 15 heteroatoms. The summed E-state index contributed by atoms with van der Waals surface area (Å²) in [6.45, 7) is -0.406. The lowest BCUT2D eigenvalue weighted by Gasteiger charge is -2.31. The number of thioether (sulfide) groups is 1. The van der Waals surface area contributed by atoms with Crippen LogP contribution in [0.2, 0.25) is 10.0 Å². The molecule has 1 saturated heterocycles. The summed E-state index contributed by atoms with van der Waals surface area (Å²) in [6.07, 6.45) is 0. The molecular formula is C28H17Cl2FN4O6S2. The van der Waals surface area contributed by atoms with Gasteiger partial charge >= 0.3 is 4.87 Å². The minimum absolute atomic E-state index is 0.154. The van der Waals surface area contributed by atoms with E-state index in [-0.39, 0.29) is 21.4 Å². The van der Waals surface area contributed by atoms with Crippen LogP contribution < -0.4 is 15.1 Å². The van der Waals surface area contributed by atoms with Gasteiger partial charge in [0.2, 0.25) is 17.7 Å². The van der Waals surface area contributed by atoms with Crippen molar-refractivity contribution < 1.29 is 23.7 Å². The zero-order chi connectivity index (χ0) is 30.6. The molecule has 3 heterocycles. The number of non-ortho nitro benzene ring substituents is 1. The summed E-state index contributed by atoms with van der Waals surface area (Å²) in [6, 6.07) is 15.0. The molecule has 3 unspecified atom stereocenters. The number of hydrogen-bond acceptors (Lipinski definition) is 8. The average Bonchev–Trinajstić information content (AvgIpc) is 3.42. The highest BCUT2D eigenvalue weighted by Crippen LogP contribution is 2.55. The number of thiazole rings is 1. The van der Waals surface area contributed by atoms with E-state index < -0.39 is 57.0 Å². The Hall–Kier alpha value is -4.04. The van der Waals surface area contributed by atoms with E-state index in [0.29, 0.717) is 21.2 Å². The molecule has 43 heavy (non-hydrogen) atoms. The van der Waals surface area contributed by atoms with Gasteiger partial charge in [-0.1, -0.05) is 58.4 Å². The number of benzene rings is 3. The second-order valence-corrected chi connectivity index (χ2v) is 12.6. The maximum absolute atomic E-state index is 14.0. The van der Waals surface area contributed by atoms with Crippen LogP contribution in [0.1, 0.15) is 16.4 Å². The monoisotopic (exact) mass is 658 g/mol. The van der Waals surface area contributed by atoms with Crippen molar-refractivity contribution >= 4 is 81.1 Å². The van der Waals surface area contributed by atoms with Gasteiger partial charge in [-0.3, -0.25) is 33.9 Å². The molecule has 218 valence electrons. The molecule has 3 aromatic carbocycles. The zero-order valence-electron chi connectivity index (χ0n) is 21.5. The van der Waals surface area contributed by atoms with Crippen LogP contribution in [0, 0.1) is 21.8 Å². The van der Waals surface area contributed by atoms with E-state index in [1.165, 1.54) is 53.1 Å². The van der Waals surface area contributed by atoms with Crippen LogP contribution in [0.15, 0.2) is 76.6 Å². The number of nitrogens with one attached hydrogen (secondary N) is 1. The van der Waals surface area contributed by atoms with Gasteiger partial charge in [-0.15, -0.1) is 0 Å². The Balaban J connectivity index is 1.42. The van der Waals surface area contributed by atoms with Crippen molar-refractivity contribution in [2.75, 3.05) is 10.2 Å². The molecule has 0 aliphatic carbocycles. The number of nitrogens with zero attached hydrogens (tertiary/aromatic N) is 3. The molecule has 10 nitrogen and oxygen atoms in total. The lowest BCUT2D eigenvalue weighted by molar-refractivity contribution is -0.384.